The topological polar surface area (TPSA) is 106 Å². The molecule has 0 radical (unpaired) electrons. The van der Waals surface area contributed by atoms with Gasteiger partial charge in [0.05, 0.1) is 34.9 Å². The molecule has 2 aromatic rings. The van der Waals surface area contributed by atoms with Crippen LogP contribution in [-0.2, 0) is 16.1 Å². The van der Waals surface area contributed by atoms with Crippen molar-refractivity contribution in [1.82, 2.24) is 4.90 Å². The summed E-state index contributed by atoms with van der Waals surface area (Å²) < 4.78 is 5.23. The van der Waals surface area contributed by atoms with E-state index in [-0.39, 0.29) is 23.9 Å². The zero-order chi connectivity index (χ0) is 18.0. The summed E-state index contributed by atoms with van der Waals surface area (Å²) in [6.07, 6.45) is 1.64. The van der Waals surface area contributed by atoms with Gasteiger partial charge in [0.1, 0.15) is 5.76 Å². The van der Waals surface area contributed by atoms with Crippen LogP contribution in [-0.4, -0.2) is 28.2 Å². The molecular weight excluding hydrogens is 326 g/mol. The number of anilines is 1. The molecule has 1 aromatic heterocycles. The van der Waals surface area contributed by atoms with Gasteiger partial charge in [-0.3, -0.25) is 19.7 Å². The minimum atomic E-state index is -0.499. The average molecular weight is 343 g/mol. The molecule has 0 unspecified atom stereocenters. The summed E-state index contributed by atoms with van der Waals surface area (Å²) in [4.78, 5) is 36.6. The zero-order valence-electron chi connectivity index (χ0n) is 13.6. The highest BCUT2D eigenvalue weighted by atomic mass is 16.6. The smallest absolute Gasteiger partial charge is 0.274 e. The maximum Gasteiger partial charge on any atom is 0.274 e. The van der Waals surface area contributed by atoms with E-state index in [4.69, 9.17) is 4.42 Å². The Labute approximate surface area is 143 Å². The summed E-state index contributed by atoms with van der Waals surface area (Å²) in [7, 11) is 0. The first-order valence-corrected chi connectivity index (χ1v) is 7.80. The highest BCUT2D eigenvalue weighted by molar-refractivity contribution is 5.98. The Hall–Kier alpha value is -3.16. The third-order valence-corrected chi connectivity index (χ3v) is 4.27. The van der Waals surface area contributed by atoms with Crippen LogP contribution in [0.5, 0.6) is 0 Å². The van der Waals surface area contributed by atoms with Crippen LogP contribution in [0.4, 0.5) is 11.4 Å². The van der Waals surface area contributed by atoms with Crippen molar-refractivity contribution in [3.63, 3.8) is 0 Å². The van der Waals surface area contributed by atoms with Crippen LogP contribution in [0.1, 0.15) is 17.7 Å². The maximum absolute atomic E-state index is 12.5. The lowest BCUT2D eigenvalue weighted by molar-refractivity contribution is -0.385. The molecule has 25 heavy (non-hydrogen) atoms. The minimum Gasteiger partial charge on any atom is -0.467 e. The fourth-order valence-electron chi connectivity index (χ4n) is 2.88. The number of nitro benzene ring substituents is 1. The van der Waals surface area contributed by atoms with E-state index in [1.54, 1.807) is 30.0 Å². The largest absolute Gasteiger partial charge is 0.467 e. The summed E-state index contributed by atoms with van der Waals surface area (Å²) in [6.45, 7) is 2.20. The number of amides is 2. The summed E-state index contributed by atoms with van der Waals surface area (Å²) in [6, 6.07) is 8.02. The highest BCUT2D eigenvalue weighted by Crippen LogP contribution is 2.27. The first-order valence-electron chi connectivity index (χ1n) is 7.80. The van der Waals surface area contributed by atoms with Gasteiger partial charge in [-0.25, -0.2) is 0 Å². The van der Waals surface area contributed by atoms with E-state index in [9.17, 15) is 19.7 Å². The number of nitrogens with zero attached hydrogens (tertiary/aromatic N) is 2. The molecule has 1 atom stereocenters. The quantitative estimate of drug-likeness (QED) is 0.663. The Balaban J connectivity index is 1.67. The van der Waals surface area contributed by atoms with E-state index in [0.717, 1.165) is 0 Å². The third kappa shape index (κ3) is 3.52. The predicted octanol–water partition coefficient (Wildman–Crippen LogP) is 2.48. The average Bonchev–Trinajstić information content (AvgIpc) is 3.20. The van der Waals surface area contributed by atoms with Crippen LogP contribution in [0, 0.1) is 23.0 Å². The van der Waals surface area contributed by atoms with Crippen LogP contribution < -0.4 is 5.32 Å². The van der Waals surface area contributed by atoms with Crippen molar-refractivity contribution in [2.24, 2.45) is 5.92 Å². The molecule has 2 heterocycles. The molecule has 1 aliphatic rings. The molecular formula is C17H17N3O5. The van der Waals surface area contributed by atoms with Crippen LogP contribution in [0.3, 0.4) is 0 Å². The second kappa shape index (κ2) is 6.76. The van der Waals surface area contributed by atoms with Crippen molar-refractivity contribution >= 4 is 23.2 Å². The number of benzene rings is 1. The van der Waals surface area contributed by atoms with Crippen molar-refractivity contribution in [3.8, 4) is 0 Å². The Kier molecular flexibility index (Phi) is 4.51. The van der Waals surface area contributed by atoms with Crippen molar-refractivity contribution in [3.05, 3.63) is 58.0 Å². The number of nitrogens with one attached hydrogen (secondary N) is 1. The molecule has 8 nitrogen and oxygen atoms in total. The molecule has 1 N–H and O–H groups in total. The fraction of sp³-hybridized carbons (Fsp3) is 0.294. The lowest BCUT2D eigenvalue weighted by Crippen LogP contribution is -2.28. The molecule has 1 aromatic carbocycles. The zero-order valence-corrected chi connectivity index (χ0v) is 13.6. The monoisotopic (exact) mass is 343 g/mol. The van der Waals surface area contributed by atoms with Gasteiger partial charge < -0.3 is 14.6 Å². The Bertz CT molecular complexity index is 816. The van der Waals surface area contributed by atoms with Crippen molar-refractivity contribution in [2.75, 3.05) is 11.9 Å². The molecule has 0 saturated carbocycles. The van der Waals surface area contributed by atoms with Gasteiger partial charge in [0.15, 0.2) is 0 Å². The molecule has 2 amide bonds. The lowest BCUT2D eigenvalue weighted by atomic mass is 10.1. The molecule has 0 spiro atoms. The first-order chi connectivity index (χ1) is 12.0. The van der Waals surface area contributed by atoms with Gasteiger partial charge in [-0.1, -0.05) is 6.07 Å². The minimum absolute atomic E-state index is 0.0558. The van der Waals surface area contributed by atoms with Crippen molar-refractivity contribution in [1.29, 1.82) is 0 Å². The molecule has 1 saturated heterocycles. The van der Waals surface area contributed by atoms with Crippen molar-refractivity contribution in [2.45, 2.75) is 19.9 Å². The lowest BCUT2D eigenvalue weighted by Gasteiger charge is -2.15. The summed E-state index contributed by atoms with van der Waals surface area (Å²) in [5.41, 5.74) is 0.716. The van der Waals surface area contributed by atoms with E-state index in [1.165, 1.54) is 18.4 Å². The Morgan fingerprint density at radius 3 is 2.88 bits per heavy atom. The molecule has 0 aliphatic carbocycles. The maximum atomic E-state index is 12.5. The standard InChI is InChI=1S/C17H17N3O5/c1-11-14(5-2-6-15(11)20(23)24)18-17(22)12-8-16(21)19(9-12)10-13-4-3-7-25-13/h2-7,12H,8-10H2,1H3,(H,18,22)/t12-/m0/s1. The summed E-state index contributed by atoms with van der Waals surface area (Å²) >= 11 is 0. The molecule has 0 bridgehead atoms. The van der Waals surface area contributed by atoms with E-state index in [2.05, 4.69) is 5.32 Å². The summed E-state index contributed by atoms with van der Waals surface area (Å²) in [5, 5.41) is 13.7. The Morgan fingerprint density at radius 1 is 1.40 bits per heavy atom. The predicted molar refractivity (Wildman–Crippen MR) is 88.7 cm³/mol. The van der Waals surface area contributed by atoms with E-state index >= 15 is 0 Å². The fourth-order valence-corrected chi connectivity index (χ4v) is 2.88. The number of carbonyl (C=O) groups is 2. The van der Waals surface area contributed by atoms with Crippen LogP contribution >= 0.6 is 0 Å². The number of furan rings is 1. The van der Waals surface area contributed by atoms with Crippen LogP contribution in [0.15, 0.2) is 41.0 Å². The normalized spacial score (nSPS) is 16.9. The van der Waals surface area contributed by atoms with Gasteiger partial charge in [0.2, 0.25) is 11.8 Å². The SMILES string of the molecule is Cc1c(NC(=O)[C@H]2CC(=O)N(Cc3ccco3)C2)cccc1[N+](=O)[O-]. The Morgan fingerprint density at radius 2 is 2.20 bits per heavy atom. The van der Waals surface area contributed by atoms with Gasteiger partial charge in [-0.05, 0) is 25.1 Å². The van der Waals surface area contributed by atoms with E-state index in [0.29, 0.717) is 30.1 Å². The number of carbonyl (C=O) groups excluding carboxylic acids is 2. The molecule has 3 rings (SSSR count). The molecule has 1 fully saturated rings. The molecule has 8 heteroatoms. The van der Waals surface area contributed by atoms with Gasteiger partial charge >= 0.3 is 0 Å². The number of hydrogen-bond donors (Lipinski definition) is 1. The molecule has 1 aliphatic heterocycles. The van der Waals surface area contributed by atoms with Crippen molar-refractivity contribution < 1.29 is 18.9 Å². The second-order valence-corrected chi connectivity index (χ2v) is 5.95. The number of nitro groups is 1. The first kappa shape index (κ1) is 16.7. The third-order valence-electron chi connectivity index (χ3n) is 4.27. The van der Waals surface area contributed by atoms with E-state index in [1.807, 2.05) is 0 Å². The molecule has 130 valence electrons. The van der Waals surface area contributed by atoms with Gasteiger partial charge in [-0.15, -0.1) is 0 Å². The number of hydrogen-bond acceptors (Lipinski definition) is 5. The van der Waals surface area contributed by atoms with Crippen LogP contribution in [0.25, 0.3) is 0 Å². The van der Waals surface area contributed by atoms with Gasteiger partial charge in [-0.2, -0.15) is 0 Å². The van der Waals surface area contributed by atoms with Gasteiger partial charge in [0, 0.05) is 19.0 Å². The summed E-state index contributed by atoms with van der Waals surface area (Å²) in [5.74, 6) is -0.281. The number of likely N-dealkylation sites (tertiary alicyclic amines) is 1. The van der Waals surface area contributed by atoms with E-state index < -0.39 is 10.8 Å². The van der Waals surface area contributed by atoms with Crippen LogP contribution in [0.2, 0.25) is 0 Å². The van der Waals surface area contributed by atoms with Gasteiger partial charge in [0.25, 0.3) is 5.69 Å². The second-order valence-electron chi connectivity index (χ2n) is 5.95. The highest BCUT2D eigenvalue weighted by Gasteiger charge is 2.35. The number of rotatable bonds is 5.